The van der Waals surface area contributed by atoms with Gasteiger partial charge in [0.05, 0.1) is 0 Å². The molecule has 0 spiro atoms. The van der Waals surface area contributed by atoms with Gasteiger partial charge in [0, 0.05) is 24.7 Å². The number of cyclic esters (lactones) is 1. The number of nitrogens with zero attached hydrogens (tertiary/aromatic N) is 2. The average Bonchev–Trinajstić information content (AvgIpc) is 2.49. The van der Waals surface area contributed by atoms with Gasteiger partial charge in [0.15, 0.2) is 11.6 Å². The lowest BCUT2D eigenvalue weighted by Crippen LogP contribution is -2.46. The Morgan fingerprint density at radius 1 is 1.13 bits per heavy atom. The summed E-state index contributed by atoms with van der Waals surface area (Å²) in [6.45, 7) is 4.24. The van der Waals surface area contributed by atoms with Gasteiger partial charge >= 0.3 is 6.09 Å². The number of pyridine rings is 1. The van der Waals surface area contributed by atoms with Crippen LogP contribution in [0.3, 0.4) is 0 Å². The summed E-state index contributed by atoms with van der Waals surface area (Å²) in [7, 11) is 0. The highest BCUT2D eigenvalue weighted by Gasteiger charge is 2.33. The van der Waals surface area contributed by atoms with Crippen LogP contribution >= 0.6 is 0 Å². The van der Waals surface area contributed by atoms with Crippen LogP contribution in [-0.2, 0) is 4.74 Å². The van der Waals surface area contributed by atoms with Crippen LogP contribution in [0.1, 0.15) is 20.3 Å². The Balaban J connectivity index is 1.82. The zero-order chi connectivity index (χ0) is 16.6. The molecule has 4 nitrogen and oxygen atoms in total. The Labute approximate surface area is 132 Å². The highest BCUT2D eigenvalue weighted by Crippen LogP contribution is 2.27. The second-order valence-corrected chi connectivity index (χ2v) is 6.06. The lowest BCUT2D eigenvalue weighted by Gasteiger charge is -2.35. The molecule has 0 aliphatic carbocycles. The van der Waals surface area contributed by atoms with E-state index >= 15 is 0 Å². The number of hydrogen-bond acceptors (Lipinski definition) is 3. The molecule has 0 radical (unpaired) electrons. The van der Waals surface area contributed by atoms with Crippen molar-refractivity contribution in [2.24, 2.45) is 0 Å². The van der Waals surface area contributed by atoms with Crippen molar-refractivity contribution in [2.75, 3.05) is 11.4 Å². The van der Waals surface area contributed by atoms with Crippen molar-refractivity contribution < 1.29 is 18.3 Å². The minimum atomic E-state index is -0.909. The molecule has 0 atom stereocenters. The Kier molecular flexibility index (Phi) is 3.75. The molecular formula is C17H16F2N2O2. The third-order valence-corrected chi connectivity index (χ3v) is 3.80. The van der Waals surface area contributed by atoms with E-state index in [1.165, 1.54) is 17.2 Å². The van der Waals surface area contributed by atoms with E-state index in [0.717, 1.165) is 12.1 Å². The molecule has 1 fully saturated rings. The smallest absolute Gasteiger partial charge is 0.416 e. The third kappa shape index (κ3) is 3.16. The molecule has 1 amide bonds. The van der Waals surface area contributed by atoms with Crippen LogP contribution in [0.25, 0.3) is 11.1 Å². The first-order valence-corrected chi connectivity index (χ1v) is 7.28. The van der Waals surface area contributed by atoms with Gasteiger partial charge in [0.25, 0.3) is 0 Å². The Morgan fingerprint density at radius 2 is 1.87 bits per heavy atom. The third-order valence-electron chi connectivity index (χ3n) is 3.80. The van der Waals surface area contributed by atoms with Crippen molar-refractivity contribution in [2.45, 2.75) is 25.9 Å². The molecule has 1 aromatic heterocycles. The van der Waals surface area contributed by atoms with Crippen LogP contribution in [0.2, 0.25) is 0 Å². The molecule has 2 aromatic rings. The largest absolute Gasteiger partial charge is 0.443 e. The maximum Gasteiger partial charge on any atom is 0.416 e. The molecule has 0 unspecified atom stereocenters. The van der Waals surface area contributed by atoms with Crippen LogP contribution in [0, 0.1) is 11.6 Å². The second kappa shape index (κ2) is 5.61. The zero-order valence-corrected chi connectivity index (χ0v) is 12.8. The van der Waals surface area contributed by atoms with Gasteiger partial charge in [-0.2, -0.15) is 0 Å². The lowest BCUT2D eigenvalue weighted by atomic mass is 10.0. The van der Waals surface area contributed by atoms with Gasteiger partial charge in [-0.3, -0.25) is 4.90 Å². The molecule has 120 valence electrons. The number of amides is 1. The SMILES string of the molecule is CC1(C)CCN(c2ccc(-c3ccc(F)c(F)c3)cn2)C(=O)O1. The van der Waals surface area contributed by atoms with E-state index in [0.29, 0.717) is 29.9 Å². The van der Waals surface area contributed by atoms with E-state index < -0.39 is 23.3 Å². The fraction of sp³-hybridized carbons (Fsp3) is 0.294. The van der Waals surface area contributed by atoms with Gasteiger partial charge in [-0.1, -0.05) is 6.07 Å². The van der Waals surface area contributed by atoms with Crippen molar-refractivity contribution in [1.82, 2.24) is 4.98 Å². The minimum Gasteiger partial charge on any atom is -0.443 e. The summed E-state index contributed by atoms with van der Waals surface area (Å²) >= 11 is 0. The van der Waals surface area contributed by atoms with Crippen molar-refractivity contribution >= 4 is 11.9 Å². The number of carbonyl (C=O) groups is 1. The van der Waals surface area contributed by atoms with Gasteiger partial charge in [0.1, 0.15) is 11.4 Å². The first-order chi connectivity index (χ1) is 10.9. The number of halogens is 2. The minimum absolute atomic E-state index is 0.436. The normalized spacial score (nSPS) is 17.0. The fourth-order valence-electron chi connectivity index (χ4n) is 2.42. The Morgan fingerprint density at radius 3 is 2.48 bits per heavy atom. The van der Waals surface area contributed by atoms with Crippen molar-refractivity contribution in [1.29, 1.82) is 0 Å². The quantitative estimate of drug-likeness (QED) is 0.835. The van der Waals surface area contributed by atoms with Crippen LogP contribution in [0.5, 0.6) is 0 Å². The van der Waals surface area contributed by atoms with Gasteiger partial charge in [-0.05, 0) is 43.7 Å². The molecule has 2 heterocycles. The van der Waals surface area contributed by atoms with Crippen molar-refractivity contribution in [3.8, 4) is 11.1 Å². The van der Waals surface area contributed by atoms with Crippen molar-refractivity contribution in [3.05, 3.63) is 48.2 Å². The average molecular weight is 318 g/mol. The maximum absolute atomic E-state index is 13.3. The number of aromatic nitrogens is 1. The molecule has 6 heteroatoms. The first-order valence-electron chi connectivity index (χ1n) is 7.28. The van der Waals surface area contributed by atoms with Gasteiger partial charge in [-0.25, -0.2) is 18.6 Å². The molecule has 0 bridgehead atoms. The maximum atomic E-state index is 13.3. The second-order valence-electron chi connectivity index (χ2n) is 6.06. The van der Waals surface area contributed by atoms with Crippen LogP contribution in [-0.4, -0.2) is 23.2 Å². The molecule has 1 aliphatic rings. The van der Waals surface area contributed by atoms with Crippen LogP contribution in [0.15, 0.2) is 36.5 Å². The summed E-state index contributed by atoms with van der Waals surface area (Å²) in [6, 6.07) is 7.04. The van der Waals surface area contributed by atoms with Gasteiger partial charge in [-0.15, -0.1) is 0 Å². The molecular weight excluding hydrogens is 302 g/mol. The highest BCUT2D eigenvalue weighted by atomic mass is 19.2. The summed E-state index contributed by atoms with van der Waals surface area (Å²) in [6.07, 6.45) is 1.79. The molecule has 0 saturated carbocycles. The van der Waals surface area contributed by atoms with E-state index in [4.69, 9.17) is 4.74 Å². The molecule has 1 saturated heterocycles. The lowest BCUT2D eigenvalue weighted by molar-refractivity contribution is 0.0234. The van der Waals surface area contributed by atoms with Gasteiger partial charge in [0.2, 0.25) is 0 Å². The standard InChI is InChI=1S/C17H16F2N2O2/c1-17(2)7-8-21(16(22)23-17)15-6-4-12(10-20-15)11-3-5-13(18)14(19)9-11/h3-6,9-10H,7-8H2,1-2H3. The number of ether oxygens (including phenoxy) is 1. The molecule has 1 aliphatic heterocycles. The summed E-state index contributed by atoms with van der Waals surface area (Å²) in [5.74, 6) is -1.33. The van der Waals surface area contributed by atoms with E-state index in [-0.39, 0.29) is 0 Å². The number of anilines is 1. The van der Waals surface area contributed by atoms with E-state index in [1.807, 2.05) is 13.8 Å². The molecule has 3 rings (SSSR count). The molecule has 1 aromatic carbocycles. The molecule has 23 heavy (non-hydrogen) atoms. The monoisotopic (exact) mass is 318 g/mol. The van der Waals surface area contributed by atoms with Crippen LogP contribution in [0.4, 0.5) is 19.4 Å². The first kappa shape index (κ1) is 15.4. The summed E-state index contributed by atoms with van der Waals surface area (Å²) in [5, 5.41) is 0. The molecule has 0 N–H and O–H groups in total. The Bertz CT molecular complexity index is 745. The fourth-order valence-corrected chi connectivity index (χ4v) is 2.42. The highest BCUT2D eigenvalue weighted by molar-refractivity contribution is 5.87. The van der Waals surface area contributed by atoms with E-state index in [2.05, 4.69) is 4.98 Å². The number of carbonyl (C=O) groups excluding carboxylic acids is 1. The van der Waals surface area contributed by atoms with Gasteiger partial charge < -0.3 is 4.74 Å². The predicted octanol–water partition coefficient (Wildman–Crippen LogP) is 4.15. The number of rotatable bonds is 2. The topological polar surface area (TPSA) is 42.4 Å². The van der Waals surface area contributed by atoms with E-state index in [9.17, 15) is 13.6 Å². The number of benzene rings is 1. The number of hydrogen-bond donors (Lipinski definition) is 0. The van der Waals surface area contributed by atoms with E-state index in [1.54, 1.807) is 12.1 Å². The summed E-state index contributed by atoms with van der Waals surface area (Å²) in [5.41, 5.74) is 0.683. The Hall–Kier alpha value is -2.50. The summed E-state index contributed by atoms with van der Waals surface area (Å²) < 4.78 is 31.6. The summed E-state index contributed by atoms with van der Waals surface area (Å²) in [4.78, 5) is 17.7. The predicted molar refractivity (Wildman–Crippen MR) is 82.1 cm³/mol. The van der Waals surface area contributed by atoms with Crippen LogP contribution < -0.4 is 4.90 Å². The zero-order valence-electron chi connectivity index (χ0n) is 12.8. The van der Waals surface area contributed by atoms with Crippen molar-refractivity contribution in [3.63, 3.8) is 0 Å².